The smallest absolute Gasteiger partial charge is 0.221 e. The highest BCUT2D eigenvalue weighted by Gasteiger charge is 2.06. The fraction of sp³-hybridized carbons (Fsp3) is 0.562. The molecular weight excluding hydrogens is 236 g/mol. The Morgan fingerprint density at radius 2 is 1.89 bits per heavy atom. The van der Waals surface area contributed by atoms with Crippen molar-refractivity contribution >= 4 is 17.3 Å². The minimum Gasteiger partial charge on any atom is -0.383 e. The summed E-state index contributed by atoms with van der Waals surface area (Å²) >= 11 is 0. The van der Waals surface area contributed by atoms with E-state index in [1.807, 2.05) is 19.1 Å². The normalized spacial score (nSPS) is 12.3. The molecule has 0 saturated heterocycles. The van der Waals surface area contributed by atoms with Crippen LogP contribution in [0, 0.1) is 12.8 Å². The van der Waals surface area contributed by atoms with E-state index in [1.165, 1.54) is 19.8 Å². The van der Waals surface area contributed by atoms with E-state index in [0.29, 0.717) is 6.04 Å². The largest absolute Gasteiger partial charge is 0.383 e. The zero-order chi connectivity index (χ0) is 14.4. The zero-order valence-electron chi connectivity index (χ0n) is 12.7. The number of carbonyl (C=O) groups excluding carboxylic acids is 1. The third-order valence-electron chi connectivity index (χ3n) is 3.13. The van der Waals surface area contributed by atoms with Crippen molar-refractivity contribution in [1.82, 2.24) is 0 Å². The summed E-state index contributed by atoms with van der Waals surface area (Å²) in [6.45, 7) is 10.2. The fourth-order valence-corrected chi connectivity index (χ4v) is 2.02. The molecule has 0 radical (unpaired) electrons. The predicted molar refractivity (Wildman–Crippen MR) is 82.6 cm³/mol. The van der Waals surface area contributed by atoms with Crippen LogP contribution in [0.1, 0.15) is 46.1 Å². The lowest BCUT2D eigenvalue weighted by atomic mass is 10.0. The molecule has 106 valence electrons. The van der Waals surface area contributed by atoms with Gasteiger partial charge in [-0.2, -0.15) is 0 Å². The lowest BCUT2D eigenvalue weighted by molar-refractivity contribution is -0.114. The highest BCUT2D eigenvalue weighted by atomic mass is 16.1. The molecule has 1 amide bonds. The van der Waals surface area contributed by atoms with Gasteiger partial charge in [0.2, 0.25) is 5.91 Å². The van der Waals surface area contributed by atoms with E-state index < -0.39 is 0 Å². The van der Waals surface area contributed by atoms with Gasteiger partial charge in [-0.3, -0.25) is 4.79 Å². The molecule has 1 aromatic carbocycles. The van der Waals surface area contributed by atoms with Crippen molar-refractivity contribution in [3.8, 4) is 0 Å². The lowest BCUT2D eigenvalue weighted by Gasteiger charge is -2.17. The van der Waals surface area contributed by atoms with Crippen molar-refractivity contribution in [2.75, 3.05) is 10.6 Å². The van der Waals surface area contributed by atoms with Crippen molar-refractivity contribution in [3.05, 3.63) is 23.8 Å². The molecule has 0 aliphatic heterocycles. The SMILES string of the molecule is CC(=O)Nc1ccc(NC(C)CCC(C)C)cc1C. The Balaban J connectivity index is 2.60. The highest BCUT2D eigenvalue weighted by Crippen LogP contribution is 2.21. The van der Waals surface area contributed by atoms with Crippen LogP contribution in [0.5, 0.6) is 0 Å². The monoisotopic (exact) mass is 262 g/mol. The van der Waals surface area contributed by atoms with Gasteiger partial charge in [0.1, 0.15) is 0 Å². The first-order chi connectivity index (χ1) is 8.88. The van der Waals surface area contributed by atoms with Gasteiger partial charge in [-0.05, 0) is 56.4 Å². The fourth-order valence-electron chi connectivity index (χ4n) is 2.02. The van der Waals surface area contributed by atoms with Gasteiger partial charge in [0.25, 0.3) is 0 Å². The number of benzene rings is 1. The average molecular weight is 262 g/mol. The topological polar surface area (TPSA) is 41.1 Å². The molecule has 1 atom stereocenters. The maximum atomic E-state index is 11.1. The first-order valence-electron chi connectivity index (χ1n) is 7.03. The van der Waals surface area contributed by atoms with Gasteiger partial charge in [-0.15, -0.1) is 0 Å². The zero-order valence-corrected chi connectivity index (χ0v) is 12.7. The molecular formula is C16H26N2O. The summed E-state index contributed by atoms with van der Waals surface area (Å²) in [4.78, 5) is 11.1. The van der Waals surface area contributed by atoms with Gasteiger partial charge in [-0.25, -0.2) is 0 Å². The summed E-state index contributed by atoms with van der Waals surface area (Å²) in [5, 5.41) is 6.33. The van der Waals surface area contributed by atoms with Crippen LogP contribution in [-0.2, 0) is 4.79 Å². The lowest BCUT2D eigenvalue weighted by Crippen LogP contribution is -2.16. The van der Waals surface area contributed by atoms with E-state index in [9.17, 15) is 4.79 Å². The van der Waals surface area contributed by atoms with Crippen LogP contribution in [0.25, 0.3) is 0 Å². The summed E-state index contributed by atoms with van der Waals surface area (Å²) in [6.07, 6.45) is 2.40. The van der Waals surface area contributed by atoms with E-state index in [1.54, 1.807) is 0 Å². The average Bonchev–Trinajstić information content (AvgIpc) is 2.29. The number of anilines is 2. The van der Waals surface area contributed by atoms with Crippen molar-refractivity contribution in [3.63, 3.8) is 0 Å². The molecule has 0 aromatic heterocycles. The number of rotatable bonds is 6. The molecule has 0 aliphatic carbocycles. The number of hydrogen-bond donors (Lipinski definition) is 2. The number of nitrogens with one attached hydrogen (secondary N) is 2. The molecule has 1 rings (SSSR count). The molecule has 0 bridgehead atoms. The molecule has 0 saturated carbocycles. The Kier molecular flexibility index (Phi) is 5.87. The van der Waals surface area contributed by atoms with Gasteiger partial charge in [0, 0.05) is 24.3 Å². The minimum absolute atomic E-state index is 0.0332. The Hall–Kier alpha value is -1.51. The van der Waals surface area contributed by atoms with Gasteiger partial charge < -0.3 is 10.6 Å². The second-order valence-electron chi connectivity index (χ2n) is 5.73. The van der Waals surface area contributed by atoms with Crippen LogP contribution in [-0.4, -0.2) is 11.9 Å². The molecule has 3 nitrogen and oxygen atoms in total. The second kappa shape index (κ2) is 7.17. The Morgan fingerprint density at radius 3 is 2.42 bits per heavy atom. The number of hydrogen-bond acceptors (Lipinski definition) is 2. The van der Waals surface area contributed by atoms with E-state index >= 15 is 0 Å². The van der Waals surface area contributed by atoms with Crippen LogP contribution in [0.15, 0.2) is 18.2 Å². The van der Waals surface area contributed by atoms with Crippen molar-refractivity contribution in [2.24, 2.45) is 5.92 Å². The van der Waals surface area contributed by atoms with Crippen molar-refractivity contribution in [1.29, 1.82) is 0 Å². The molecule has 0 fully saturated rings. The van der Waals surface area contributed by atoms with Gasteiger partial charge in [0.05, 0.1) is 0 Å². The van der Waals surface area contributed by atoms with E-state index in [-0.39, 0.29) is 5.91 Å². The van der Waals surface area contributed by atoms with Gasteiger partial charge in [0.15, 0.2) is 0 Å². The van der Waals surface area contributed by atoms with Crippen LogP contribution in [0.4, 0.5) is 11.4 Å². The predicted octanol–water partition coefficient (Wildman–Crippen LogP) is 4.19. The Labute approximate surface area is 116 Å². The maximum Gasteiger partial charge on any atom is 0.221 e. The minimum atomic E-state index is -0.0332. The molecule has 3 heteroatoms. The van der Waals surface area contributed by atoms with Crippen LogP contribution >= 0.6 is 0 Å². The summed E-state index contributed by atoms with van der Waals surface area (Å²) < 4.78 is 0. The van der Waals surface area contributed by atoms with E-state index in [0.717, 1.165) is 22.9 Å². The van der Waals surface area contributed by atoms with E-state index in [2.05, 4.69) is 37.5 Å². The second-order valence-corrected chi connectivity index (χ2v) is 5.73. The summed E-state index contributed by atoms with van der Waals surface area (Å²) in [7, 11) is 0. The third-order valence-corrected chi connectivity index (χ3v) is 3.13. The van der Waals surface area contributed by atoms with Crippen LogP contribution in [0.3, 0.4) is 0 Å². The number of aryl methyl sites for hydroxylation is 1. The third kappa shape index (κ3) is 5.77. The molecule has 19 heavy (non-hydrogen) atoms. The van der Waals surface area contributed by atoms with Crippen LogP contribution < -0.4 is 10.6 Å². The molecule has 0 heterocycles. The highest BCUT2D eigenvalue weighted by molar-refractivity contribution is 5.89. The number of amides is 1. The van der Waals surface area contributed by atoms with Gasteiger partial charge in [-0.1, -0.05) is 13.8 Å². The van der Waals surface area contributed by atoms with Crippen LogP contribution in [0.2, 0.25) is 0 Å². The summed E-state index contributed by atoms with van der Waals surface area (Å²) in [5.74, 6) is 0.710. The first-order valence-corrected chi connectivity index (χ1v) is 7.03. The molecule has 0 spiro atoms. The summed E-state index contributed by atoms with van der Waals surface area (Å²) in [6, 6.07) is 6.52. The number of carbonyl (C=O) groups is 1. The molecule has 0 aliphatic rings. The van der Waals surface area contributed by atoms with Crippen molar-refractivity contribution in [2.45, 2.75) is 53.5 Å². The van der Waals surface area contributed by atoms with E-state index in [4.69, 9.17) is 0 Å². The molecule has 2 N–H and O–H groups in total. The quantitative estimate of drug-likeness (QED) is 0.807. The summed E-state index contributed by atoms with van der Waals surface area (Å²) in [5.41, 5.74) is 3.08. The first kappa shape index (κ1) is 15.5. The van der Waals surface area contributed by atoms with Gasteiger partial charge >= 0.3 is 0 Å². The molecule has 1 unspecified atom stereocenters. The Bertz CT molecular complexity index is 427. The standard InChI is InChI=1S/C16H26N2O/c1-11(2)6-7-13(4)17-15-8-9-16(12(3)10-15)18-14(5)19/h8-11,13,17H,6-7H2,1-5H3,(H,18,19). The molecule has 1 aromatic rings. The Morgan fingerprint density at radius 1 is 1.21 bits per heavy atom. The van der Waals surface area contributed by atoms with Crippen molar-refractivity contribution < 1.29 is 4.79 Å². The maximum absolute atomic E-state index is 11.1.